The molecule has 7 heteroatoms. The molecule has 180 valence electrons. The molecule has 1 saturated heterocycles. The lowest BCUT2D eigenvalue weighted by Crippen LogP contribution is -2.45. The highest BCUT2D eigenvalue weighted by atomic mass is 16.5. The number of methoxy groups -OCH3 is 1. The number of amides is 1. The van der Waals surface area contributed by atoms with Crippen molar-refractivity contribution in [2.24, 2.45) is 11.8 Å². The van der Waals surface area contributed by atoms with Crippen LogP contribution in [0.1, 0.15) is 48.9 Å². The quantitative estimate of drug-likeness (QED) is 0.556. The van der Waals surface area contributed by atoms with E-state index < -0.39 is 0 Å². The molecule has 1 amide bonds. The molecule has 1 unspecified atom stereocenters. The Kier molecular flexibility index (Phi) is 8.92. The molecule has 3 atom stereocenters. The predicted octanol–water partition coefficient (Wildman–Crippen LogP) is 3.54. The molecule has 2 fully saturated rings. The zero-order valence-electron chi connectivity index (χ0n) is 19.8. The number of piperidine rings is 1. The van der Waals surface area contributed by atoms with Gasteiger partial charge in [0, 0.05) is 44.7 Å². The molecule has 0 radical (unpaired) electrons. The van der Waals surface area contributed by atoms with Gasteiger partial charge < -0.3 is 19.7 Å². The predicted molar refractivity (Wildman–Crippen MR) is 129 cm³/mol. The van der Waals surface area contributed by atoms with Gasteiger partial charge in [-0.3, -0.25) is 4.79 Å². The summed E-state index contributed by atoms with van der Waals surface area (Å²) in [5.74, 6) is 1.19. The zero-order chi connectivity index (χ0) is 22.9. The topological polar surface area (TPSA) is 68.6 Å². The van der Waals surface area contributed by atoms with E-state index in [1.54, 1.807) is 18.0 Å². The van der Waals surface area contributed by atoms with Gasteiger partial charge in [0.05, 0.1) is 25.0 Å². The van der Waals surface area contributed by atoms with E-state index >= 15 is 0 Å². The van der Waals surface area contributed by atoms with Crippen molar-refractivity contribution in [3.05, 3.63) is 48.3 Å². The minimum absolute atomic E-state index is 0.0101. The van der Waals surface area contributed by atoms with Crippen LogP contribution in [0.5, 0.6) is 0 Å². The number of carbonyl (C=O) groups is 1. The van der Waals surface area contributed by atoms with Crippen LogP contribution < -0.4 is 5.32 Å². The van der Waals surface area contributed by atoms with E-state index in [1.807, 2.05) is 36.5 Å². The van der Waals surface area contributed by atoms with Crippen molar-refractivity contribution in [1.82, 2.24) is 20.0 Å². The summed E-state index contributed by atoms with van der Waals surface area (Å²) in [6, 6.07) is 9.52. The Labute approximate surface area is 197 Å². The van der Waals surface area contributed by atoms with Gasteiger partial charge in [-0.25, -0.2) is 4.68 Å². The highest BCUT2D eigenvalue weighted by Crippen LogP contribution is 2.31. The Morgan fingerprint density at radius 3 is 2.67 bits per heavy atom. The van der Waals surface area contributed by atoms with Gasteiger partial charge in [-0.1, -0.05) is 12.8 Å². The third kappa shape index (κ3) is 6.88. The van der Waals surface area contributed by atoms with E-state index in [4.69, 9.17) is 9.47 Å². The minimum Gasteiger partial charge on any atom is -0.382 e. The second-order valence-corrected chi connectivity index (χ2v) is 9.40. The summed E-state index contributed by atoms with van der Waals surface area (Å²) in [5, 5.41) is 7.45. The van der Waals surface area contributed by atoms with Crippen molar-refractivity contribution < 1.29 is 14.3 Å². The Hall–Kier alpha value is -2.22. The number of carbonyl (C=O) groups excluding carboxylic acids is 1. The van der Waals surface area contributed by atoms with Crippen LogP contribution in [-0.2, 0) is 9.47 Å². The van der Waals surface area contributed by atoms with Gasteiger partial charge in [-0.2, -0.15) is 5.10 Å². The van der Waals surface area contributed by atoms with Gasteiger partial charge >= 0.3 is 0 Å². The van der Waals surface area contributed by atoms with Crippen molar-refractivity contribution in [3.63, 3.8) is 0 Å². The first-order chi connectivity index (χ1) is 16.2. The average molecular weight is 455 g/mol. The molecule has 33 heavy (non-hydrogen) atoms. The van der Waals surface area contributed by atoms with E-state index in [2.05, 4.69) is 15.3 Å². The number of hydrogen-bond acceptors (Lipinski definition) is 5. The second kappa shape index (κ2) is 12.3. The molecule has 1 saturated carbocycles. The van der Waals surface area contributed by atoms with E-state index in [0.29, 0.717) is 36.7 Å². The second-order valence-electron chi connectivity index (χ2n) is 9.40. The fourth-order valence-electron chi connectivity index (χ4n) is 5.25. The maximum atomic E-state index is 12.8. The summed E-state index contributed by atoms with van der Waals surface area (Å²) < 4.78 is 12.9. The lowest BCUT2D eigenvalue weighted by molar-refractivity contribution is -0.0264. The van der Waals surface area contributed by atoms with Crippen molar-refractivity contribution in [1.29, 1.82) is 0 Å². The van der Waals surface area contributed by atoms with Crippen molar-refractivity contribution in [2.45, 2.75) is 44.6 Å². The summed E-state index contributed by atoms with van der Waals surface area (Å²) in [6.07, 6.45) is 11.3. The van der Waals surface area contributed by atoms with Gasteiger partial charge in [0.25, 0.3) is 5.91 Å². The number of rotatable bonds is 10. The van der Waals surface area contributed by atoms with E-state index in [-0.39, 0.29) is 5.91 Å². The smallest absolute Gasteiger partial charge is 0.251 e. The van der Waals surface area contributed by atoms with Crippen LogP contribution in [-0.4, -0.2) is 73.2 Å². The summed E-state index contributed by atoms with van der Waals surface area (Å²) in [5.41, 5.74) is 1.65. The number of aromatic nitrogens is 2. The Bertz CT molecular complexity index is 840. The van der Waals surface area contributed by atoms with Crippen LogP contribution in [0.3, 0.4) is 0 Å². The van der Waals surface area contributed by atoms with Crippen LogP contribution in [0.4, 0.5) is 0 Å². The summed E-state index contributed by atoms with van der Waals surface area (Å²) in [4.78, 5) is 15.4. The molecular formula is C26H38N4O3. The highest BCUT2D eigenvalue weighted by Gasteiger charge is 2.29. The number of nitrogens with one attached hydrogen (secondary N) is 1. The molecule has 2 heterocycles. The molecule has 4 rings (SSSR count). The summed E-state index contributed by atoms with van der Waals surface area (Å²) in [6.45, 7) is 5.38. The number of benzene rings is 1. The third-order valence-corrected chi connectivity index (χ3v) is 7.09. The maximum absolute atomic E-state index is 12.8. The van der Waals surface area contributed by atoms with Crippen molar-refractivity contribution >= 4 is 5.91 Å². The molecular weight excluding hydrogens is 416 g/mol. The van der Waals surface area contributed by atoms with Crippen LogP contribution >= 0.6 is 0 Å². The monoisotopic (exact) mass is 454 g/mol. The molecule has 1 aromatic carbocycles. The van der Waals surface area contributed by atoms with Gasteiger partial charge in [0.1, 0.15) is 0 Å². The van der Waals surface area contributed by atoms with Crippen LogP contribution in [0.15, 0.2) is 42.7 Å². The Morgan fingerprint density at radius 1 is 1.09 bits per heavy atom. The molecule has 1 aliphatic heterocycles. The third-order valence-electron chi connectivity index (χ3n) is 7.09. The molecule has 2 aromatic rings. The van der Waals surface area contributed by atoms with Crippen LogP contribution in [0.25, 0.3) is 5.69 Å². The fourth-order valence-corrected chi connectivity index (χ4v) is 5.25. The van der Waals surface area contributed by atoms with Gasteiger partial charge in [-0.15, -0.1) is 0 Å². The highest BCUT2D eigenvalue weighted by molar-refractivity contribution is 5.94. The molecule has 7 nitrogen and oxygen atoms in total. The number of hydrogen-bond donors (Lipinski definition) is 1. The molecule has 1 aromatic heterocycles. The lowest BCUT2D eigenvalue weighted by atomic mass is 9.78. The van der Waals surface area contributed by atoms with Crippen LogP contribution in [0, 0.1) is 11.8 Å². The van der Waals surface area contributed by atoms with Gasteiger partial charge in [0.2, 0.25) is 0 Å². The Morgan fingerprint density at radius 2 is 1.91 bits per heavy atom. The molecule has 1 aliphatic carbocycles. The number of ether oxygens (including phenoxy) is 2. The summed E-state index contributed by atoms with van der Waals surface area (Å²) in [7, 11) is 1.72. The number of likely N-dealkylation sites (tertiary alicyclic amines) is 1. The van der Waals surface area contributed by atoms with Gasteiger partial charge in [0.15, 0.2) is 0 Å². The minimum atomic E-state index is 0.0101. The first-order valence-electron chi connectivity index (χ1n) is 12.4. The van der Waals surface area contributed by atoms with E-state index in [0.717, 1.165) is 38.3 Å². The average Bonchev–Trinajstić information content (AvgIpc) is 3.39. The first-order valence-corrected chi connectivity index (χ1v) is 12.4. The largest absolute Gasteiger partial charge is 0.382 e. The lowest BCUT2D eigenvalue weighted by Gasteiger charge is -2.39. The molecule has 0 spiro atoms. The zero-order valence-corrected chi connectivity index (χ0v) is 19.8. The van der Waals surface area contributed by atoms with Crippen molar-refractivity contribution in [3.8, 4) is 5.69 Å². The van der Waals surface area contributed by atoms with Crippen molar-refractivity contribution in [2.75, 3.05) is 46.5 Å². The summed E-state index contributed by atoms with van der Waals surface area (Å²) >= 11 is 0. The Balaban J connectivity index is 1.26. The SMILES string of the molecule is COCCO[C@@H]1CCCN(C[C@@H]2CCCCC2CNC(=O)c2ccc(-n3cccn3)cc2)C1. The first kappa shape index (κ1) is 23.9. The molecule has 1 N–H and O–H groups in total. The normalized spacial score (nSPS) is 24.0. The molecule has 0 bridgehead atoms. The number of nitrogens with zero attached hydrogens (tertiary/aromatic N) is 3. The molecule has 2 aliphatic rings. The van der Waals surface area contributed by atoms with Crippen LogP contribution in [0.2, 0.25) is 0 Å². The maximum Gasteiger partial charge on any atom is 0.251 e. The fraction of sp³-hybridized carbons (Fsp3) is 0.615. The van der Waals surface area contributed by atoms with E-state index in [1.165, 1.54) is 32.1 Å². The van der Waals surface area contributed by atoms with E-state index in [9.17, 15) is 4.79 Å². The van der Waals surface area contributed by atoms with Gasteiger partial charge in [-0.05, 0) is 74.4 Å². The standard InChI is InChI=1S/C26H38N4O3/c1-32-16-17-33-25-8-4-14-29(20-25)19-23-7-3-2-6-22(23)18-27-26(31)21-9-11-24(12-10-21)30-15-5-13-28-30/h5,9-13,15,22-23,25H,2-4,6-8,14,16-20H2,1H3,(H,27,31)/t22?,23-,25+/m0/s1.